The standard InChI is InChI=1S/C14H13ClN2O3/c1-14(2,13(19)20)17-12(18)10-7-16-11(15)9-6-4-3-5-8(9)10/h3-7H,1-2H3,(H,17,18)(H,19,20). The van der Waals surface area contributed by atoms with E-state index in [1.165, 1.54) is 20.0 Å². The van der Waals surface area contributed by atoms with E-state index in [1.54, 1.807) is 24.3 Å². The zero-order chi connectivity index (χ0) is 14.9. The third-order valence-electron chi connectivity index (χ3n) is 2.95. The number of carbonyl (C=O) groups excluding carboxylic acids is 1. The Bertz CT molecular complexity index is 698. The molecule has 0 bridgehead atoms. The third kappa shape index (κ3) is 2.58. The molecule has 104 valence electrons. The number of halogens is 1. The molecule has 2 aromatic rings. The molecule has 0 radical (unpaired) electrons. The van der Waals surface area contributed by atoms with Gasteiger partial charge < -0.3 is 10.4 Å². The molecule has 0 saturated heterocycles. The number of hydrogen-bond acceptors (Lipinski definition) is 3. The van der Waals surface area contributed by atoms with Crippen molar-refractivity contribution in [1.82, 2.24) is 10.3 Å². The number of aliphatic carboxylic acids is 1. The lowest BCUT2D eigenvalue weighted by atomic mass is 10.0. The molecule has 0 aliphatic rings. The van der Waals surface area contributed by atoms with E-state index < -0.39 is 17.4 Å². The fourth-order valence-electron chi connectivity index (χ4n) is 1.74. The number of carboxylic acid groups (broad SMARTS) is 1. The number of rotatable bonds is 3. The number of fused-ring (bicyclic) bond motifs is 1. The van der Waals surface area contributed by atoms with Crippen LogP contribution in [-0.2, 0) is 4.79 Å². The van der Waals surface area contributed by atoms with Gasteiger partial charge >= 0.3 is 5.97 Å². The summed E-state index contributed by atoms with van der Waals surface area (Å²) in [6.07, 6.45) is 1.35. The third-order valence-corrected chi connectivity index (χ3v) is 3.25. The molecule has 1 aromatic heterocycles. The number of carboxylic acids is 1. The van der Waals surface area contributed by atoms with Gasteiger partial charge in [-0.2, -0.15) is 0 Å². The molecule has 0 aliphatic heterocycles. The highest BCUT2D eigenvalue weighted by atomic mass is 35.5. The predicted molar refractivity (Wildman–Crippen MR) is 75.9 cm³/mol. The summed E-state index contributed by atoms with van der Waals surface area (Å²) in [7, 11) is 0. The van der Waals surface area contributed by atoms with Crippen molar-refractivity contribution in [2.75, 3.05) is 0 Å². The highest BCUT2D eigenvalue weighted by Crippen LogP contribution is 2.24. The van der Waals surface area contributed by atoms with E-state index in [2.05, 4.69) is 10.3 Å². The van der Waals surface area contributed by atoms with Crippen molar-refractivity contribution in [2.45, 2.75) is 19.4 Å². The summed E-state index contributed by atoms with van der Waals surface area (Å²) < 4.78 is 0. The first kappa shape index (κ1) is 14.3. The lowest BCUT2D eigenvalue weighted by molar-refractivity contribution is -0.143. The van der Waals surface area contributed by atoms with Crippen LogP contribution in [0.2, 0.25) is 5.15 Å². The van der Waals surface area contributed by atoms with Gasteiger partial charge in [-0.05, 0) is 19.2 Å². The molecule has 0 fully saturated rings. The molecule has 2 N–H and O–H groups in total. The van der Waals surface area contributed by atoms with Crippen LogP contribution < -0.4 is 5.32 Å². The number of nitrogens with one attached hydrogen (secondary N) is 1. The minimum absolute atomic E-state index is 0.291. The summed E-state index contributed by atoms with van der Waals surface area (Å²) in [6, 6.07) is 7.06. The van der Waals surface area contributed by atoms with Crippen LogP contribution in [0.25, 0.3) is 10.8 Å². The number of pyridine rings is 1. The van der Waals surface area contributed by atoms with Gasteiger partial charge in [0.25, 0.3) is 5.91 Å². The van der Waals surface area contributed by atoms with Crippen molar-refractivity contribution in [2.24, 2.45) is 0 Å². The van der Waals surface area contributed by atoms with Crippen molar-refractivity contribution in [1.29, 1.82) is 0 Å². The second-order valence-corrected chi connectivity index (χ2v) is 5.25. The van der Waals surface area contributed by atoms with Gasteiger partial charge in [0.2, 0.25) is 0 Å². The van der Waals surface area contributed by atoms with Gasteiger partial charge in [-0.1, -0.05) is 35.9 Å². The highest BCUT2D eigenvalue weighted by molar-refractivity contribution is 6.34. The molecule has 5 nitrogen and oxygen atoms in total. The summed E-state index contributed by atoms with van der Waals surface area (Å²) >= 11 is 5.98. The van der Waals surface area contributed by atoms with Crippen molar-refractivity contribution in [3.63, 3.8) is 0 Å². The maximum atomic E-state index is 12.2. The molecular weight excluding hydrogens is 280 g/mol. The van der Waals surface area contributed by atoms with E-state index in [4.69, 9.17) is 16.7 Å². The van der Waals surface area contributed by atoms with E-state index in [0.29, 0.717) is 21.5 Å². The van der Waals surface area contributed by atoms with Gasteiger partial charge in [-0.25, -0.2) is 9.78 Å². The summed E-state index contributed by atoms with van der Waals surface area (Å²) in [4.78, 5) is 27.2. The van der Waals surface area contributed by atoms with Gasteiger partial charge in [0.1, 0.15) is 10.7 Å². The van der Waals surface area contributed by atoms with Gasteiger partial charge in [0.15, 0.2) is 0 Å². The first-order valence-electron chi connectivity index (χ1n) is 5.92. The Balaban J connectivity index is 2.46. The fourth-order valence-corrected chi connectivity index (χ4v) is 1.96. The first-order chi connectivity index (χ1) is 9.33. The Morgan fingerprint density at radius 3 is 2.45 bits per heavy atom. The molecule has 0 atom stereocenters. The van der Waals surface area contributed by atoms with Crippen LogP contribution in [0.3, 0.4) is 0 Å². The van der Waals surface area contributed by atoms with Gasteiger partial charge in [0, 0.05) is 11.6 Å². The summed E-state index contributed by atoms with van der Waals surface area (Å²) in [5.74, 6) is -1.62. The van der Waals surface area contributed by atoms with Gasteiger partial charge in [-0.15, -0.1) is 0 Å². The van der Waals surface area contributed by atoms with Crippen molar-refractivity contribution in [3.8, 4) is 0 Å². The average molecular weight is 293 g/mol. The molecule has 6 heteroatoms. The topological polar surface area (TPSA) is 79.3 Å². The van der Waals surface area contributed by atoms with Crippen molar-refractivity contribution in [3.05, 3.63) is 41.2 Å². The number of hydrogen-bond donors (Lipinski definition) is 2. The summed E-state index contributed by atoms with van der Waals surface area (Å²) in [5, 5.41) is 13.1. The van der Waals surface area contributed by atoms with E-state index in [-0.39, 0.29) is 0 Å². The molecular formula is C14H13ClN2O3. The molecule has 0 spiro atoms. The first-order valence-corrected chi connectivity index (χ1v) is 6.30. The normalized spacial score (nSPS) is 11.3. The molecule has 1 amide bonds. The Hall–Kier alpha value is -2.14. The van der Waals surface area contributed by atoms with E-state index in [0.717, 1.165) is 0 Å². The molecule has 0 saturated carbocycles. The molecule has 0 unspecified atom stereocenters. The number of aromatic nitrogens is 1. The van der Waals surface area contributed by atoms with Crippen LogP contribution in [0.15, 0.2) is 30.5 Å². The molecule has 1 heterocycles. The minimum Gasteiger partial charge on any atom is -0.480 e. The Kier molecular flexibility index (Phi) is 3.63. The maximum absolute atomic E-state index is 12.2. The fraction of sp³-hybridized carbons (Fsp3) is 0.214. The smallest absolute Gasteiger partial charge is 0.328 e. The second-order valence-electron chi connectivity index (χ2n) is 4.89. The van der Waals surface area contributed by atoms with Crippen LogP contribution in [0.1, 0.15) is 24.2 Å². The number of amides is 1. The lowest BCUT2D eigenvalue weighted by Crippen LogP contribution is -2.49. The highest BCUT2D eigenvalue weighted by Gasteiger charge is 2.30. The quantitative estimate of drug-likeness (QED) is 0.852. The molecule has 1 aromatic carbocycles. The summed E-state index contributed by atoms with van der Waals surface area (Å²) in [5.41, 5.74) is -1.07. The predicted octanol–water partition coefficient (Wildman–Crippen LogP) is 2.48. The molecule has 0 aliphatic carbocycles. The molecule has 2 rings (SSSR count). The van der Waals surface area contributed by atoms with Crippen molar-refractivity contribution >= 4 is 34.2 Å². The average Bonchev–Trinajstić information content (AvgIpc) is 2.38. The Morgan fingerprint density at radius 2 is 1.85 bits per heavy atom. The Morgan fingerprint density at radius 1 is 1.25 bits per heavy atom. The van der Waals surface area contributed by atoms with Crippen molar-refractivity contribution < 1.29 is 14.7 Å². The lowest BCUT2D eigenvalue weighted by Gasteiger charge is -2.21. The van der Waals surface area contributed by atoms with Crippen LogP contribution in [-0.4, -0.2) is 27.5 Å². The van der Waals surface area contributed by atoms with Gasteiger partial charge in [-0.3, -0.25) is 4.79 Å². The van der Waals surface area contributed by atoms with Crippen LogP contribution in [0, 0.1) is 0 Å². The molecule has 20 heavy (non-hydrogen) atoms. The largest absolute Gasteiger partial charge is 0.480 e. The SMILES string of the molecule is CC(C)(NC(=O)c1cnc(Cl)c2ccccc12)C(=O)O. The van der Waals surface area contributed by atoms with Crippen LogP contribution in [0.5, 0.6) is 0 Å². The van der Waals surface area contributed by atoms with E-state index >= 15 is 0 Å². The maximum Gasteiger partial charge on any atom is 0.328 e. The second kappa shape index (κ2) is 5.09. The zero-order valence-corrected chi connectivity index (χ0v) is 11.7. The number of nitrogens with zero attached hydrogens (tertiary/aromatic N) is 1. The minimum atomic E-state index is -1.36. The number of benzene rings is 1. The zero-order valence-electron chi connectivity index (χ0n) is 11.0. The van der Waals surface area contributed by atoms with Crippen LogP contribution >= 0.6 is 11.6 Å². The van der Waals surface area contributed by atoms with E-state index in [1.807, 2.05) is 0 Å². The van der Waals surface area contributed by atoms with E-state index in [9.17, 15) is 9.59 Å². The summed E-state index contributed by atoms with van der Waals surface area (Å²) in [6.45, 7) is 2.83. The monoisotopic (exact) mass is 292 g/mol. The van der Waals surface area contributed by atoms with Gasteiger partial charge in [0.05, 0.1) is 5.56 Å². The van der Waals surface area contributed by atoms with Crippen LogP contribution in [0.4, 0.5) is 0 Å². The number of carbonyl (C=O) groups is 2. The Labute approximate surface area is 120 Å².